The maximum absolute atomic E-state index is 13.5. The van der Waals surface area contributed by atoms with Crippen LogP contribution < -0.4 is 4.72 Å². The Balaban J connectivity index is 1.54. The third-order valence-corrected chi connectivity index (χ3v) is 9.31. The van der Waals surface area contributed by atoms with E-state index in [4.69, 9.17) is 34.8 Å². The van der Waals surface area contributed by atoms with Crippen LogP contribution in [0.3, 0.4) is 0 Å². The van der Waals surface area contributed by atoms with Gasteiger partial charge >= 0.3 is 0 Å². The molecule has 3 aromatic rings. The molecule has 0 amide bonds. The van der Waals surface area contributed by atoms with Crippen LogP contribution in [-0.4, -0.2) is 27.5 Å². The number of halogens is 4. The monoisotopic (exact) mass is 581 g/mol. The van der Waals surface area contributed by atoms with Crippen LogP contribution in [0.5, 0.6) is 0 Å². The van der Waals surface area contributed by atoms with E-state index < -0.39 is 5.41 Å². The zero-order valence-electron chi connectivity index (χ0n) is 20.0. The lowest BCUT2D eigenvalue weighted by Crippen LogP contribution is -2.27. The highest BCUT2D eigenvalue weighted by Crippen LogP contribution is 2.38. The zero-order valence-corrected chi connectivity index (χ0v) is 23.9. The molecule has 1 aromatic heterocycles. The molecule has 1 heterocycles. The highest BCUT2D eigenvalue weighted by Gasteiger charge is 2.32. The van der Waals surface area contributed by atoms with E-state index in [0.29, 0.717) is 21.7 Å². The van der Waals surface area contributed by atoms with Crippen LogP contribution >= 0.6 is 58.5 Å². The molecule has 0 spiro atoms. The second-order valence-electron chi connectivity index (χ2n) is 8.80. The van der Waals surface area contributed by atoms with Crippen LogP contribution in [0.15, 0.2) is 76.6 Å². The van der Waals surface area contributed by atoms with Gasteiger partial charge in [-0.25, -0.2) is 9.37 Å². The first kappa shape index (κ1) is 27.6. The Hall–Kier alpha value is -1.41. The first-order valence-corrected chi connectivity index (χ1v) is 14.6. The van der Waals surface area contributed by atoms with Gasteiger partial charge in [0.25, 0.3) is 0 Å². The molecule has 0 saturated heterocycles. The number of thioether (sulfide) groups is 1. The first-order chi connectivity index (χ1) is 17.3. The Morgan fingerprint density at radius 3 is 2.61 bits per heavy atom. The molecule has 2 N–H and O–H groups in total. The molecule has 0 bridgehead atoms. The lowest BCUT2D eigenvalue weighted by atomic mass is 9.75. The summed E-state index contributed by atoms with van der Waals surface area (Å²) < 4.78 is 16.8. The summed E-state index contributed by atoms with van der Waals surface area (Å²) in [6.07, 6.45) is 7.63. The number of hydrogen-bond donors (Lipinski definition) is 2. The van der Waals surface area contributed by atoms with Crippen LogP contribution in [0.2, 0.25) is 10.0 Å². The molecule has 0 fully saturated rings. The van der Waals surface area contributed by atoms with Gasteiger partial charge in [-0.2, -0.15) is 0 Å². The minimum absolute atomic E-state index is 0.258. The van der Waals surface area contributed by atoms with Gasteiger partial charge in [0.15, 0.2) is 5.16 Å². The fourth-order valence-electron chi connectivity index (χ4n) is 4.09. The summed E-state index contributed by atoms with van der Waals surface area (Å²) in [7, 11) is 0. The summed E-state index contributed by atoms with van der Waals surface area (Å²) in [6.45, 7) is 5.13. The lowest BCUT2D eigenvalue weighted by Gasteiger charge is -2.30. The molecular formula is C27H27Cl3FN3S2. The van der Waals surface area contributed by atoms with Gasteiger partial charge in [-0.1, -0.05) is 95.8 Å². The van der Waals surface area contributed by atoms with Crippen molar-refractivity contribution in [2.24, 2.45) is 0 Å². The van der Waals surface area contributed by atoms with E-state index in [1.165, 1.54) is 12.1 Å². The van der Waals surface area contributed by atoms with Gasteiger partial charge in [0.05, 0.1) is 16.2 Å². The Kier molecular flexibility index (Phi) is 9.53. The third-order valence-electron chi connectivity index (χ3n) is 6.16. The van der Waals surface area contributed by atoms with E-state index in [2.05, 4.69) is 40.7 Å². The van der Waals surface area contributed by atoms with Crippen molar-refractivity contribution in [3.8, 4) is 0 Å². The van der Waals surface area contributed by atoms with E-state index in [9.17, 15) is 4.39 Å². The van der Waals surface area contributed by atoms with Gasteiger partial charge in [0, 0.05) is 40.1 Å². The van der Waals surface area contributed by atoms with Gasteiger partial charge in [0.2, 0.25) is 0 Å². The van der Waals surface area contributed by atoms with Crippen LogP contribution in [0, 0.1) is 5.82 Å². The number of aromatic amines is 1. The minimum atomic E-state index is -0.490. The summed E-state index contributed by atoms with van der Waals surface area (Å²) in [6, 6.07) is 12.3. The average Bonchev–Trinajstić information content (AvgIpc) is 3.35. The average molecular weight is 583 g/mol. The molecule has 1 aliphatic rings. The van der Waals surface area contributed by atoms with Crippen molar-refractivity contribution >= 4 is 58.5 Å². The summed E-state index contributed by atoms with van der Waals surface area (Å²) in [5.74, 6) is 0.467. The van der Waals surface area contributed by atoms with Crippen molar-refractivity contribution in [2.75, 3.05) is 12.3 Å². The number of benzene rings is 2. The SMILES string of the molecule is CCNSC1C=CC(CSc2ncc(C(C)(Cc3ccc(F)cc3)c3ccc(Cl)c(Cl)c3)[nH]2)=C(Cl)C1. The second-order valence-corrected chi connectivity index (χ2v) is 12.2. The lowest BCUT2D eigenvalue weighted by molar-refractivity contribution is 0.548. The highest BCUT2D eigenvalue weighted by atomic mass is 35.5. The van der Waals surface area contributed by atoms with Crippen molar-refractivity contribution < 1.29 is 4.39 Å². The summed E-state index contributed by atoms with van der Waals surface area (Å²) in [4.78, 5) is 8.16. The van der Waals surface area contributed by atoms with Gasteiger partial charge in [0.1, 0.15) is 5.82 Å². The van der Waals surface area contributed by atoms with Crippen molar-refractivity contribution in [3.63, 3.8) is 0 Å². The summed E-state index contributed by atoms with van der Waals surface area (Å²) in [5.41, 5.74) is 3.56. The summed E-state index contributed by atoms with van der Waals surface area (Å²) in [5, 5.41) is 3.04. The Bertz CT molecular complexity index is 1260. The topological polar surface area (TPSA) is 40.7 Å². The molecule has 2 unspecified atom stereocenters. The van der Waals surface area contributed by atoms with Crippen molar-refractivity contribution in [2.45, 2.75) is 42.5 Å². The molecule has 36 heavy (non-hydrogen) atoms. The van der Waals surface area contributed by atoms with Gasteiger partial charge < -0.3 is 4.98 Å². The molecule has 2 aromatic carbocycles. The van der Waals surface area contributed by atoms with E-state index in [0.717, 1.165) is 51.3 Å². The molecule has 3 nitrogen and oxygen atoms in total. The Morgan fingerprint density at radius 2 is 1.92 bits per heavy atom. The molecule has 9 heteroatoms. The second kappa shape index (κ2) is 12.4. The first-order valence-electron chi connectivity index (χ1n) is 11.6. The van der Waals surface area contributed by atoms with Crippen molar-refractivity contribution in [3.05, 3.63) is 104 Å². The fraction of sp³-hybridized carbons (Fsp3) is 0.296. The van der Waals surface area contributed by atoms with Gasteiger partial charge in [-0.15, -0.1) is 0 Å². The molecule has 0 radical (unpaired) electrons. The number of allylic oxidation sites excluding steroid dienone is 2. The normalized spacial score (nSPS) is 17.4. The van der Waals surface area contributed by atoms with Crippen LogP contribution in [-0.2, 0) is 11.8 Å². The Morgan fingerprint density at radius 1 is 1.14 bits per heavy atom. The van der Waals surface area contributed by atoms with E-state index in [1.54, 1.807) is 29.8 Å². The molecule has 4 rings (SSSR count). The van der Waals surface area contributed by atoms with Gasteiger partial charge in [-0.3, -0.25) is 4.72 Å². The third kappa shape index (κ3) is 6.72. The maximum atomic E-state index is 13.5. The molecule has 0 aliphatic heterocycles. The molecule has 2 atom stereocenters. The standard InChI is InChI=1S/C27H27Cl3FN3S2/c1-3-33-36-21-10-6-18(23(29)13-21)16-35-26-32-15-25(34-26)27(2,14-17-4-8-20(31)9-5-17)19-7-11-22(28)24(30)12-19/h4-12,15,21,33H,3,13-14,16H2,1-2H3,(H,32,34). The predicted molar refractivity (Wildman–Crippen MR) is 154 cm³/mol. The fourth-order valence-corrected chi connectivity index (χ4v) is 6.52. The largest absolute Gasteiger partial charge is 0.336 e. The quantitative estimate of drug-likeness (QED) is 0.186. The molecular weight excluding hydrogens is 556 g/mol. The summed E-state index contributed by atoms with van der Waals surface area (Å²) >= 11 is 22.5. The van der Waals surface area contributed by atoms with Crippen molar-refractivity contribution in [1.82, 2.24) is 14.7 Å². The van der Waals surface area contributed by atoms with Crippen LogP contribution in [0.1, 0.15) is 37.1 Å². The number of hydrogen-bond acceptors (Lipinski definition) is 4. The number of nitrogens with zero attached hydrogens (tertiary/aromatic N) is 1. The molecule has 0 saturated carbocycles. The van der Waals surface area contributed by atoms with E-state index >= 15 is 0 Å². The number of nitrogens with one attached hydrogen (secondary N) is 2. The number of rotatable bonds is 10. The zero-order chi connectivity index (χ0) is 25.7. The smallest absolute Gasteiger partial charge is 0.165 e. The highest BCUT2D eigenvalue weighted by molar-refractivity contribution is 7.99. The van der Waals surface area contributed by atoms with Gasteiger partial charge in [-0.05, 0) is 54.3 Å². The number of imidazole rings is 1. The van der Waals surface area contributed by atoms with Crippen molar-refractivity contribution in [1.29, 1.82) is 0 Å². The molecule has 190 valence electrons. The Labute approximate surface area is 235 Å². The number of H-pyrrole nitrogens is 1. The number of aromatic nitrogens is 2. The minimum Gasteiger partial charge on any atom is -0.336 e. The maximum Gasteiger partial charge on any atom is 0.165 e. The molecule has 1 aliphatic carbocycles. The predicted octanol–water partition coefficient (Wildman–Crippen LogP) is 8.58. The van der Waals surface area contributed by atoms with Crippen LogP contribution in [0.4, 0.5) is 4.39 Å². The van der Waals surface area contributed by atoms with E-state index in [-0.39, 0.29) is 5.82 Å². The van der Waals surface area contributed by atoms with E-state index in [1.807, 2.05) is 30.5 Å². The van der Waals surface area contributed by atoms with Crippen LogP contribution in [0.25, 0.3) is 0 Å².